The van der Waals surface area contributed by atoms with Gasteiger partial charge in [0.2, 0.25) is 0 Å². The van der Waals surface area contributed by atoms with E-state index >= 15 is 0 Å². The fraction of sp³-hybridized carbons (Fsp3) is 0.182. The van der Waals surface area contributed by atoms with Crippen LogP contribution in [0, 0.1) is 6.92 Å². The second-order valence-electron chi connectivity index (χ2n) is 5.75. The highest BCUT2D eigenvalue weighted by atomic mass is 16.5. The Balaban J connectivity index is 2.16. The lowest BCUT2D eigenvalue weighted by Crippen LogP contribution is -2.00. The van der Waals surface area contributed by atoms with Crippen LogP contribution in [-0.4, -0.2) is 13.7 Å². The molecule has 0 amide bonds. The first kappa shape index (κ1) is 15.5. The van der Waals surface area contributed by atoms with Crippen molar-refractivity contribution < 1.29 is 4.74 Å². The predicted octanol–water partition coefficient (Wildman–Crippen LogP) is 5.52. The molecule has 116 valence electrons. The summed E-state index contributed by atoms with van der Waals surface area (Å²) < 4.78 is 5.29. The van der Waals surface area contributed by atoms with Crippen molar-refractivity contribution in [2.45, 2.75) is 13.3 Å². The van der Waals surface area contributed by atoms with Crippen LogP contribution < -0.4 is 0 Å². The lowest BCUT2D eigenvalue weighted by Gasteiger charge is -2.17. The fourth-order valence-corrected chi connectivity index (χ4v) is 3.13. The summed E-state index contributed by atoms with van der Waals surface area (Å²) in [4.78, 5) is 0. The molecule has 0 heterocycles. The predicted molar refractivity (Wildman–Crippen MR) is 97.6 cm³/mol. The van der Waals surface area contributed by atoms with E-state index in [-0.39, 0.29) is 0 Å². The molecule has 0 bridgehead atoms. The van der Waals surface area contributed by atoms with Gasteiger partial charge >= 0.3 is 0 Å². The average molecular weight is 302 g/mol. The van der Waals surface area contributed by atoms with Gasteiger partial charge in [0.15, 0.2) is 0 Å². The van der Waals surface area contributed by atoms with Crippen molar-refractivity contribution in [3.63, 3.8) is 0 Å². The maximum absolute atomic E-state index is 5.29. The molecule has 0 unspecified atom stereocenters. The first-order valence-corrected chi connectivity index (χ1v) is 8.03. The molecule has 3 rings (SSSR count). The van der Waals surface area contributed by atoms with Crippen LogP contribution >= 0.6 is 0 Å². The molecular formula is C22H22O. The Morgan fingerprint density at radius 2 is 1.35 bits per heavy atom. The lowest BCUT2D eigenvalue weighted by atomic mass is 9.88. The van der Waals surface area contributed by atoms with Crippen LogP contribution in [-0.2, 0) is 11.2 Å². The molecule has 23 heavy (non-hydrogen) atoms. The van der Waals surface area contributed by atoms with E-state index in [0.717, 1.165) is 13.0 Å². The summed E-state index contributed by atoms with van der Waals surface area (Å²) in [5.41, 5.74) is 7.84. The standard InChI is InChI=1S/C22H22O/c1-17-21(18-9-5-3-6-10-18)14-13-20(15-16-23-2)22(17)19-11-7-4-8-12-19/h3-14H,15-16H2,1-2H3. The van der Waals surface area contributed by atoms with Crippen LogP contribution in [0.1, 0.15) is 11.1 Å². The van der Waals surface area contributed by atoms with Gasteiger partial charge in [0.25, 0.3) is 0 Å². The smallest absolute Gasteiger partial charge is 0.0502 e. The molecular weight excluding hydrogens is 280 g/mol. The Hall–Kier alpha value is -2.38. The topological polar surface area (TPSA) is 9.23 Å². The Morgan fingerprint density at radius 3 is 1.96 bits per heavy atom. The molecule has 0 aliphatic rings. The summed E-state index contributed by atoms with van der Waals surface area (Å²) >= 11 is 0. The Morgan fingerprint density at radius 1 is 0.739 bits per heavy atom. The average Bonchev–Trinajstić information content (AvgIpc) is 2.61. The summed E-state index contributed by atoms with van der Waals surface area (Å²) in [6.45, 7) is 2.96. The van der Waals surface area contributed by atoms with Gasteiger partial charge in [-0.15, -0.1) is 0 Å². The highest BCUT2D eigenvalue weighted by Gasteiger charge is 2.12. The van der Waals surface area contributed by atoms with E-state index in [0.29, 0.717) is 0 Å². The zero-order valence-corrected chi connectivity index (χ0v) is 13.8. The van der Waals surface area contributed by atoms with Gasteiger partial charge < -0.3 is 4.74 Å². The highest BCUT2D eigenvalue weighted by Crippen LogP contribution is 2.34. The van der Waals surface area contributed by atoms with Crippen LogP contribution in [0.3, 0.4) is 0 Å². The number of ether oxygens (including phenoxy) is 1. The number of hydrogen-bond acceptors (Lipinski definition) is 1. The van der Waals surface area contributed by atoms with Crippen molar-refractivity contribution >= 4 is 0 Å². The van der Waals surface area contributed by atoms with Crippen molar-refractivity contribution in [2.75, 3.05) is 13.7 Å². The molecule has 1 nitrogen and oxygen atoms in total. The van der Waals surface area contributed by atoms with Gasteiger partial charge in [-0.25, -0.2) is 0 Å². The van der Waals surface area contributed by atoms with E-state index in [1.54, 1.807) is 7.11 Å². The molecule has 1 heteroatoms. The largest absolute Gasteiger partial charge is 0.384 e. The highest BCUT2D eigenvalue weighted by molar-refractivity contribution is 5.80. The third-order valence-electron chi connectivity index (χ3n) is 4.27. The first-order chi connectivity index (χ1) is 11.3. The zero-order chi connectivity index (χ0) is 16.1. The Kier molecular flexibility index (Phi) is 4.89. The number of rotatable bonds is 5. The lowest BCUT2D eigenvalue weighted by molar-refractivity contribution is 0.202. The normalized spacial score (nSPS) is 10.7. The summed E-state index contributed by atoms with van der Waals surface area (Å²) in [5, 5.41) is 0. The van der Waals surface area contributed by atoms with E-state index in [4.69, 9.17) is 4.74 Å². The molecule has 0 atom stereocenters. The van der Waals surface area contributed by atoms with Crippen molar-refractivity contribution in [3.8, 4) is 22.3 Å². The van der Waals surface area contributed by atoms with E-state index < -0.39 is 0 Å². The molecule has 0 fully saturated rings. The van der Waals surface area contributed by atoms with Crippen molar-refractivity contribution in [2.24, 2.45) is 0 Å². The maximum atomic E-state index is 5.29. The summed E-state index contributed by atoms with van der Waals surface area (Å²) in [7, 11) is 1.76. The monoisotopic (exact) mass is 302 g/mol. The Bertz CT molecular complexity index is 761. The van der Waals surface area contributed by atoms with Crippen LogP contribution in [0.5, 0.6) is 0 Å². The number of hydrogen-bond donors (Lipinski definition) is 0. The zero-order valence-electron chi connectivity index (χ0n) is 13.8. The minimum absolute atomic E-state index is 0.740. The van der Waals surface area contributed by atoms with E-state index in [1.807, 2.05) is 0 Å². The SMILES string of the molecule is COCCc1ccc(-c2ccccc2)c(C)c1-c1ccccc1. The molecule has 0 aliphatic heterocycles. The molecule has 3 aromatic carbocycles. The van der Waals surface area contributed by atoms with Gasteiger partial charge in [0.05, 0.1) is 6.61 Å². The van der Waals surface area contributed by atoms with E-state index in [2.05, 4.69) is 79.7 Å². The summed E-state index contributed by atoms with van der Waals surface area (Å²) in [5.74, 6) is 0. The molecule has 0 saturated carbocycles. The molecule has 0 radical (unpaired) electrons. The fourth-order valence-electron chi connectivity index (χ4n) is 3.13. The number of benzene rings is 3. The Labute approximate surface area is 138 Å². The first-order valence-electron chi connectivity index (χ1n) is 8.03. The van der Waals surface area contributed by atoms with Gasteiger partial charge in [-0.05, 0) is 46.7 Å². The molecule has 0 aliphatic carbocycles. The molecule has 0 aromatic heterocycles. The minimum Gasteiger partial charge on any atom is -0.384 e. The third kappa shape index (κ3) is 3.35. The second kappa shape index (κ2) is 7.26. The van der Waals surface area contributed by atoms with Gasteiger partial charge in [-0.1, -0.05) is 72.8 Å². The summed E-state index contributed by atoms with van der Waals surface area (Å²) in [6, 6.07) is 25.7. The van der Waals surface area contributed by atoms with Gasteiger partial charge in [-0.2, -0.15) is 0 Å². The van der Waals surface area contributed by atoms with Crippen LogP contribution in [0.25, 0.3) is 22.3 Å². The van der Waals surface area contributed by atoms with Crippen molar-refractivity contribution in [1.29, 1.82) is 0 Å². The molecule has 3 aromatic rings. The van der Waals surface area contributed by atoms with Crippen molar-refractivity contribution in [3.05, 3.63) is 83.9 Å². The quantitative estimate of drug-likeness (QED) is 0.603. The third-order valence-corrected chi connectivity index (χ3v) is 4.27. The van der Waals surface area contributed by atoms with Crippen molar-refractivity contribution in [1.82, 2.24) is 0 Å². The van der Waals surface area contributed by atoms with Gasteiger partial charge in [-0.3, -0.25) is 0 Å². The second-order valence-corrected chi connectivity index (χ2v) is 5.75. The number of methoxy groups -OCH3 is 1. The van der Waals surface area contributed by atoms with Crippen LogP contribution in [0.2, 0.25) is 0 Å². The van der Waals surface area contributed by atoms with Gasteiger partial charge in [0.1, 0.15) is 0 Å². The van der Waals surface area contributed by atoms with E-state index in [9.17, 15) is 0 Å². The molecule has 0 N–H and O–H groups in total. The van der Waals surface area contributed by atoms with Crippen LogP contribution in [0.4, 0.5) is 0 Å². The van der Waals surface area contributed by atoms with Crippen LogP contribution in [0.15, 0.2) is 72.8 Å². The van der Waals surface area contributed by atoms with E-state index in [1.165, 1.54) is 33.4 Å². The molecule has 0 saturated heterocycles. The maximum Gasteiger partial charge on any atom is 0.0502 e. The van der Waals surface area contributed by atoms with Gasteiger partial charge in [0, 0.05) is 7.11 Å². The molecule has 0 spiro atoms. The summed E-state index contributed by atoms with van der Waals surface area (Å²) in [6.07, 6.45) is 0.927. The minimum atomic E-state index is 0.740.